The van der Waals surface area contributed by atoms with Gasteiger partial charge >= 0.3 is 0 Å². The van der Waals surface area contributed by atoms with Crippen LogP contribution >= 0.6 is 22.6 Å². The first kappa shape index (κ1) is 23.3. The van der Waals surface area contributed by atoms with Crippen molar-refractivity contribution in [3.05, 3.63) is 59.9 Å². The van der Waals surface area contributed by atoms with E-state index in [1.807, 2.05) is 66.0 Å². The molecule has 1 N–H and O–H groups in total. The molecule has 9 nitrogen and oxygen atoms in total. The van der Waals surface area contributed by atoms with Gasteiger partial charge in [-0.3, -0.25) is 9.20 Å². The predicted molar refractivity (Wildman–Crippen MR) is 140 cm³/mol. The molecule has 36 heavy (non-hydrogen) atoms. The van der Waals surface area contributed by atoms with Crippen LogP contribution in [0.2, 0.25) is 0 Å². The molecule has 2 fully saturated rings. The van der Waals surface area contributed by atoms with Crippen LogP contribution in [-0.4, -0.2) is 55.4 Å². The minimum absolute atomic E-state index is 0.0599. The largest absolute Gasteiger partial charge is 0.378 e. The Morgan fingerprint density at radius 2 is 2.03 bits per heavy atom. The van der Waals surface area contributed by atoms with Crippen LogP contribution in [0.5, 0.6) is 0 Å². The summed E-state index contributed by atoms with van der Waals surface area (Å²) in [5, 5.41) is 7.09. The first-order chi connectivity index (χ1) is 17.4. The van der Waals surface area contributed by atoms with Crippen LogP contribution in [0.15, 0.2) is 47.2 Å². The number of nitrogens with one attached hydrogen (secondary N) is 1. The number of ether oxygens (including phenoxy) is 1. The summed E-state index contributed by atoms with van der Waals surface area (Å²) in [6.07, 6.45) is 4.26. The van der Waals surface area contributed by atoms with Crippen LogP contribution in [-0.2, 0) is 4.74 Å². The summed E-state index contributed by atoms with van der Waals surface area (Å²) < 4.78 is 25.3. The van der Waals surface area contributed by atoms with Crippen molar-refractivity contribution in [2.45, 2.75) is 29.4 Å². The zero-order chi connectivity index (χ0) is 24.9. The van der Waals surface area contributed by atoms with E-state index in [2.05, 4.69) is 25.3 Å². The van der Waals surface area contributed by atoms with Crippen molar-refractivity contribution >= 4 is 45.5 Å². The molecule has 2 aliphatic rings. The Kier molecular flexibility index (Phi) is 5.91. The van der Waals surface area contributed by atoms with E-state index in [-0.39, 0.29) is 11.8 Å². The molecule has 0 atom stereocenters. The van der Waals surface area contributed by atoms with Crippen molar-refractivity contribution in [1.29, 1.82) is 0 Å². The number of alkyl halides is 2. The molecule has 0 radical (unpaired) electrons. The summed E-state index contributed by atoms with van der Waals surface area (Å²) in [6.45, 7) is 4.89. The summed E-state index contributed by atoms with van der Waals surface area (Å²) in [4.78, 5) is 24.4. The van der Waals surface area contributed by atoms with Crippen molar-refractivity contribution in [2.75, 3.05) is 36.5 Å². The molecule has 4 aromatic rings. The highest BCUT2D eigenvalue weighted by Crippen LogP contribution is 2.51. The van der Waals surface area contributed by atoms with E-state index >= 15 is 0 Å². The first-order valence-electron chi connectivity index (χ1n) is 11.8. The standard InChI is InChI=1S/C25H24FIN6O3/c1-15-2-3-16(22-30-24(36-31-22)17-11-25(26,27)12-17)10-19(15)29-23(34)20-13-28-21-5-4-18(14-33(20)21)32-6-8-35-9-7-32/h2-5,10,13-14,17H,6-9,11-12H2,1H3,(H,29,34). The summed E-state index contributed by atoms with van der Waals surface area (Å²) in [5.41, 5.74) is 4.39. The maximum Gasteiger partial charge on any atom is 0.274 e. The zero-order valence-electron chi connectivity index (χ0n) is 19.6. The number of nitrogens with zero attached hydrogens (tertiary/aromatic N) is 5. The highest BCUT2D eigenvalue weighted by Gasteiger charge is 2.46. The molecule has 1 saturated carbocycles. The van der Waals surface area contributed by atoms with E-state index in [1.165, 1.54) is 0 Å². The van der Waals surface area contributed by atoms with Crippen molar-refractivity contribution in [2.24, 2.45) is 0 Å². The second-order valence-corrected chi connectivity index (χ2v) is 11.2. The van der Waals surface area contributed by atoms with Gasteiger partial charge in [0, 0.05) is 49.3 Å². The fourth-order valence-electron chi connectivity index (χ4n) is 4.58. The molecular formula is C25H24FIN6O3. The average Bonchev–Trinajstić information content (AvgIpc) is 3.51. The fraction of sp³-hybridized carbons (Fsp3) is 0.360. The Bertz CT molecular complexity index is 1440. The molecule has 6 rings (SSSR count). The van der Waals surface area contributed by atoms with Gasteiger partial charge in [-0.25, -0.2) is 9.37 Å². The normalized spacial score (nSPS) is 22.0. The van der Waals surface area contributed by atoms with Gasteiger partial charge in [0.25, 0.3) is 5.91 Å². The van der Waals surface area contributed by atoms with Gasteiger partial charge in [-0.05, 0) is 53.3 Å². The maximum absolute atomic E-state index is 13.9. The van der Waals surface area contributed by atoms with E-state index in [1.54, 1.807) is 10.6 Å². The molecule has 0 spiro atoms. The van der Waals surface area contributed by atoms with Gasteiger partial charge in [-0.2, -0.15) is 4.98 Å². The van der Waals surface area contributed by atoms with E-state index in [0.717, 1.165) is 24.3 Å². The lowest BCUT2D eigenvalue weighted by Crippen LogP contribution is -2.36. The van der Waals surface area contributed by atoms with Gasteiger partial charge in [-0.1, -0.05) is 17.3 Å². The topological polar surface area (TPSA) is 97.8 Å². The number of carbonyl (C=O) groups is 1. The molecule has 1 aliphatic carbocycles. The van der Waals surface area contributed by atoms with Gasteiger partial charge < -0.3 is 19.5 Å². The average molecular weight is 602 g/mol. The third kappa shape index (κ3) is 4.45. The van der Waals surface area contributed by atoms with E-state index in [0.29, 0.717) is 60.4 Å². The van der Waals surface area contributed by atoms with Crippen molar-refractivity contribution in [3.63, 3.8) is 0 Å². The number of hydrogen-bond acceptors (Lipinski definition) is 7. The summed E-state index contributed by atoms with van der Waals surface area (Å²) in [5.74, 6) is 0.528. The first-order valence-corrected chi connectivity index (χ1v) is 12.9. The molecule has 4 heterocycles. The van der Waals surface area contributed by atoms with Crippen LogP contribution in [0.25, 0.3) is 17.0 Å². The van der Waals surface area contributed by atoms with E-state index in [9.17, 15) is 9.18 Å². The number of carbonyl (C=O) groups excluding carboxylic acids is 1. The van der Waals surface area contributed by atoms with Gasteiger partial charge in [0.05, 0.1) is 25.1 Å². The minimum Gasteiger partial charge on any atom is -0.378 e. The van der Waals surface area contributed by atoms with E-state index < -0.39 is 3.68 Å². The van der Waals surface area contributed by atoms with Gasteiger partial charge in [-0.15, -0.1) is 0 Å². The predicted octanol–water partition coefficient (Wildman–Crippen LogP) is 4.76. The Balaban J connectivity index is 1.23. The van der Waals surface area contributed by atoms with Crippen LogP contribution in [0.1, 0.15) is 40.7 Å². The van der Waals surface area contributed by atoms with Gasteiger partial charge in [0.15, 0.2) is 3.68 Å². The lowest BCUT2D eigenvalue weighted by Gasteiger charge is -2.34. The minimum atomic E-state index is -1.20. The van der Waals surface area contributed by atoms with Crippen LogP contribution in [0.4, 0.5) is 15.8 Å². The number of anilines is 2. The number of aryl methyl sites for hydroxylation is 1. The number of imidazole rings is 1. The smallest absolute Gasteiger partial charge is 0.274 e. The molecule has 0 bridgehead atoms. The number of fused-ring (bicyclic) bond motifs is 1. The van der Waals surface area contributed by atoms with Crippen LogP contribution in [0, 0.1) is 6.92 Å². The molecule has 1 amide bonds. The number of pyridine rings is 1. The van der Waals surface area contributed by atoms with Crippen molar-refractivity contribution in [1.82, 2.24) is 19.5 Å². The second-order valence-electron chi connectivity index (χ2n) is 9.26. The monoisotopic (exact) mass is 602 g/mol. The van der Waals surface area contributed by atoms with Crippen LogP contribution in [0.3, 0.4) is 0 Å². The van der Waals surface area contributed by atoms with Crippen LogP contribution < -0.4 is 10.2 Å². The molecule has 1 aliphatic heterocycles. The van der Waals surface area contributed by atoms with E-state index in [4.69, 9.17) is 9.26 Å². The Morgan fingerprint density at radius 1 is 1.22 bits per heavy atom. The Labute approximate surface area is 220 Å². The SMILES string of the molecule is Cc1ccc(-c2noc(C3CC(F)(I)C3)n2)cc1NC(=O)c1cnc2ccc(N3CCOCC3)cn12. The fourth-order valence-corrected chi connectivity index (χ4v) is 5.65. The van der Waals surface area contributed by atoms with Gasteiger partial charge in [0.1, 0.15) is 11.3 Å². The summed E-state index contributed by atoms with van der Waals surface area (Å²) in [6, 6.07) is 9.52. The number of halogens is 2. The number of aromatic nitrogens is 4. The number of amides is 1. The molecule has 0 unspecified atom stereocenters. The number of benzene rings is 1. The number of rotatable bonds is 5. The summed E-state index contributed by atoms with van der Waals surface area (Å²) in [7, 11) is 0. The zero-order valence-corrected chi connectivity index (χ0v) is 21.7. The lowest BCUT2D eigenvalue weighted by molar-refractivity contribution is 0.102. The molecule has 3 aromatic heterocycles. The van der Waals surface area contributed by atoms with Crippen molar-refractivity contribution < 1.29 is 18.4 Å². The van der Waals surface area contributed by atoms with Gasteiger partial charge in [0.2, 0.25) is 11.7 Å². The quantitative estimate of drug-likeness (QED) is 0.260. The number of hydrogen-bond donors (Lipinski definition) is 1. The molecule has 186 valence electrons. The lowest BCUT2D eigenvalue weighted by atomic mass is 9.83. The number of morpholine rings is 1. The Morgan fingerprint density at radius 3 is 2.81 bits per heavy atom. The maximum atomic E-state index is 13.9. The van der Waals surface area contributed by atoms with Crippen molar-refractivity contribution in [3.8, 4) is 11.4 Å². The second kappa shape index (κ2) is 9.11. The molecule has 1 aromatic carbocycles. The third-order valence-corrected chi connectivity index (χ3v) is 7.60. The third-order valence-electron chi connectivity index (χ3n) is 6.72. The highest BCUT2D eigenvalue weighted by molar-refractivity contribution is 14.1. The molecular weight excluding hydrogens is 578 g/mol. The highest BCUT2D eigenvalue weighted by atomic mass is 127. The summed E-state index contributed by atoms with van der Waals surface area (Å²) >= 11 is 1.82. The Hall–Kier alpha value is -3.06. The molecule has 1 saturated heterocycles. The molecule has 11 heteroatoms.